The van der Waals surface area contributed by atoms with Crippen LogP contribution in [-0.2, 0) is 4.79 Å². The number of anilines is 2. The molecular weight excluding hydrogens is 446 g/mol. The van der Waals surface area contributed by atoms with Gasteiger partial charge in [-0.1, -0.05) is 44.2 Å². The number of pyridine rings is 1. The molecule has 176 valence electrons. The smallest absolute Gasteiger partial charge is 0.326 e. The number of rotatable bonds is 7. The molecule has 6 nitrogen and oxygen atoms in total. The number of hydrogen-bond donors (Lipinski definition) is 1. The first-order valence-corrected chi connectivity index (χ1v) is 12.5. The lowest BCUT2D eigenvalue weighted by Gasteiger charge is -2.34. The maximum Gasteiger partial charge on any atom is 0.326 e. The molecule has 2 amide bonds. The van der Waals surface area contributed by atoms with Crippen molar-refractivity contribution in [1.82, 2.24) is 4.98 Å². The van der Waals surface area contributed by atoms with E-state index in [-0.39, 0.29) is 23.8 Å². The van der Waals surface area contributed by atoms with Crippen LogP contribution < -0.4 is 15.0 Å². The van der Waals surface area contributed by atoms with Gasteiger partial charge in [-0.15, -0.1) is 11.8 Å². The Bertz CT molecular complexity index is 1150. The standard InChI is InChI=1S/C27H29N3O3S/c1-4-23-16-30(27(32)29-22-8-6-5-7-9-22)24-12-10-20(14-25(24)33-23)21-11-13-26(28-15-21)34-17-18(2)19(3)31/h5-15,18,23H,4,16-17H2,1-3H3,(H,29,32). The minimum Gasteiger partial charge on any atom is -0.486 e. The molecule has 0 spiro atoms. The predicted molar refractivity (Wildman–Crippen MR) is 138 cm³/mol. The van der Waals surface area contributed by atoms with E-state index < -0.39 is 0 Å². The van der Waals surface area contributed by atoms with Crippen molar-refractivity contribution in [2.45, 2.75) is 38.3 Å². The minimum absolute atomic E-state index is 0.0119. The zero-order valence-electron chi connectivity index (χ0n) is 19.7. The predicted octanol–water partition coefficient (Wildman–Crippen LogP) is 6.28. The Labute approximate surface area is 204 Å². The first-order chi connectivity index (χ1) is 16.4. The third-order valence-corrected chi connectivity index (χ3v) is 7.10. The maximum absolute atomic E-state index is 13.1. The number of para-hydroxylation sites is 1. The number of thioether (sulfide) groups is 1. The Morgan fingerprint density at radius 1 is 1.15 bits per heavy atom. The van der Waals surface area contributed by atoms with E-state index in [9.17, 15) is 9.59 Å². The van der Waals surface area contributed by atoms with Crippen molar-refractivity contribution in [3.8, 4) is 16.9 Å². The number of urea groups is 1. The Hall–Kier alpha value is -3.32. The molecule has 0 fully saturated rings. The van der Waals surface area contributed by atoms with Gasteiger partial charge in [0.15, 0.2) is 0 Å². The maximum atomic E-state index is 13.1. The first kappa shape index (κ1) is 23.8. The van der Waals surface area contributed by atoms with Crippen LogP contribution in [0.1, 0.15) is 27.2 Å². The second-order valence-electron chi connectivity index (χ2n) is 8.45. The summed E-state index contributed by atoms with van der Waals surface area (Å²) in [5.74, 6) is 1.61. The highest BCUT2D eigenvalue weighted by Gasteiger charge is 2.29. The number of carbonyl (C=O) groups excluding carboxylic acids is 2. The molecule has 0 radical (unpaired) electrons. The molecule has 0 saturated heterocycles. The number of hydrogen-bond acceptors (Lipinski definition) is 5. The van der Waals surface area contributed by atoms with E-state index in [0.717, 1.165) is 33.9 Å². The monoisotopic (exact) mass is 475 g/mol. The van der Waals surface area contributed by atoms with E-state index in [1.54, 1.807) is 23.6 Å². The van der Waals surface area contributed by atoms with Gasteiger partial charge in [-0.2, -0.15) is 0 Å². The van der Waals surface area contributed by atoms with Gasteiger partial charge in [-0.05, 0) is 49.2 Å². The summed E-state index contributed by atoms with van der Waals surface area (Å²) in [6.45, 7) is 6.10. The van der Waals surface area contributed by atoms with Gasteiger partial charge in [-0.3, -0.25) is 9.69 Å². The molecule has 1 aliphatic rings. The summed E-state index contributed by atoms with van der Waals surface area (Å²) >= 11 is 1.58. The molecule has 0 saturated carbocycles. The number of amides is 2. The van der Waals surface area contributed by atoms with Crippen molar-refractivity contribution < 1.29 is 14.3 Å². The average Bonchev–Trinajstić information content (AvgIpc) is 2.87. The fraction of sp³-hybridized carbons (Fsp3) is 0.296. The molecule has 2 atom stereocenters. The fourth-order valence-electron chi connectivity index (χ4n) is 3.61. The van der Waals surface area contributed by atoms with Crippen molar-refractivity contribution in [2.24, 2.45) is 5.92 Å². The highest BCUT2D eigenvalue weighted by Crippen LogP contribution is 2.38. The summed E-state index contributed by atoms with van der Waals surface area (Å²) in [5, 5.41) is 3.86. The molecule has 1 N–H and O–H groups in total. The van der Waals surface area contributed by atoms with Gasteiger partial charge in [0.1, 0.15) is 17.6 Å². The van der Waals surface area contributed by atoms with Crippen LogP contribution in [0.4, 0.5) is 16.2 Å². The summed E-state index contributed by atoms with van der Waals surface area (Å²) < 4.78 is 6.21. The summed E-state index contributed by atoms with van der Waals surface area (Å²) in [6.07, 6.45) is 2.55. The molecule has 2 aromatic carbocycles. The summed E-state index contributed by atoms with van der Waals surface area (Å²) in [4.78, 5) is 30.8. The lowest BCUT2D eigenvalue weighted by molar-refractivity contribution is -0.119. The molecule has 0 bridgehead atoms. The number of nitrogens with one attached hydrogen (secondary N) is 1. The largest absolute Gasteiger partial charge is 0.486 e. The summed E-state index contributed by atoms with van der Waals surface area (Å²) in [6, 6.07) is 19.2. The van der Waals surface area contributed by atoms with Gasteiger partial charge in [0.25, 0.3) is 0 Å². The van der Waals surface area contributed by atoms with Crippen LogP contribution in [0.15, 0.2) is 71.9 Å². The molecular formula is C27H29N3O3S. The Balaban J connectivity index is 1.53. The highest BCUT2D eigenvalue weighted by atomic mass is 32.2. The zero-order valence-corrected chi connectivity index (χ0v) is 20.5. The van der Waals surface area contributed by atoms with E-state index >= 15 is 0 Å². The fourth-order valence-corrected chi connectivity index (χ4v) is 4.56. The third kappa shape index (κ3) is 5.59. The van der Waals surface area contributed by atoms with Crippen molar-refractivity contribution in [2.75, 3.05) is 22.5 Å². The van der Waals surface area contributed by atoms with E-state index in [2.05, 4.69) is 17.2 Å². The van der Waals surface area contributed by atoms with Crippen molar-refractivity contribution in [3.63, 3.8) is 0 Å². The van der Waals surface area contributed by atoms with E-state index in [4.69, 9.17) is 4.74 Å². The van der Waals surface area contributed by atoms with Crippen LogP contribution in [-0.4, -0.2) is 35.2 Å². The molecule has 0 aliphatic carbocycles. The van der Waals surface area contributed by atoms with Gasteiger partial charge in [-0.25, -0.2) is 9.78 Å². The summed E-state index contributed by atoms with van der Waals surface area (Å²) in [5.41, 5.74) is 3.45. The van der Waals surface area contributed by atoms with Gasteiger partial charge in [0.05, 0.1) is 17.3 Å². The van der Waals surface area contributed by atoms with Crippen LogP contribution >= 0.6 is 11.8 Å². The van der Waals surface area contributed by atoms with E-state index in [1.165, 1.54) is 0 Å². The number of Topliss-reactive ketones (excluding diaryl/α,β-unsaturated/α-hetero) is 1. The molecule has 4 rings (SSSR count). The van der Waals surface area contributed by atoms with Crippen LogP contribution in [0, 0.1) is 5.92 Å². The normalized spacial score (nSPS) is 15.7. The first-order valence-electron chi connectivity index (χ1n) is 11.5. The molecule has 7 heteroatoms. The van der Waals surface area contributed by atoms with Gasteiger partial charge >= 0.3 is 6.03 Å². The summed E-state index contributed by atoms with van der Waals surface area (Å²) in [7, 11) is 0. The third-order valence-electron chi connectivity index (χ3n) is 5.90. The quantitative estimate of drug-likeness (QED) is 0.408. The number of benzene rings is 2. The van der Waals surface area contributed by atoms with Gasteiger partial charge in [0, 0.05) is 29.1 Å². The van der Waals surface area contributed by atoms with Crippen LogP contribution in [0.2, 0.25) is 0 Å². The Kier molecular flexibility index (Phi) is 7.53. The Morgan fingerprint density at radius 2 is 1.91 bits per heavy atom. The van der Waals surface area contributed by atoms with Gasteiger partial charge in [0.2, 0.25) is 0 Å². The number of aromatic nitrogens is 1. The van der Waals surface area contributed by atoms with Crippen molar-refractivity contribution in [1.29, 1.82) is 0 Å². The highest BCUT2D eigenvalue weighted by molar-refractivity contribution is 7.99. The second-order valence-corrected chi connectivity index (χ2v) is 9.49. The molecule has 1 aromatic heterocycles. The Morgan fingerprint density at radius 3 is 2.59 bits per heavy atom. The van der Waals surface area contributed by atoms with E-state index in [0.29, 0.717) is 18.0 Å². The number of ketones is 1. The second kappa shape index (κ2) is 10.7. The number of ether oxygens (including phenoxy) is 1. The van der Waals surface area contributed by atoms with Crippen LogP contribution in [0.3, 0.4) is 0 Å². The minimum atomic E-state index is -0.176. The lowest BCUT2D eigenvalue weighted by atomic mass is 10.0. The molecule has 2 unspecified atom stereocenters. The van der Waals surface area contributed by atoms with Crippen LogP contribution in [0.5, 0.6) is 5.75 Å². The SMILES string of the molecule is CCC1CN(C(=O)Nc2ccccc2)c2ccc(-c3ccc(SCC(C)C(C)=O)nc3)cc2O1. The molecule has 3 aromatic rings. The topological polar surface area (TPSA) is 71.5 Å². The molecule has 34 heavy (non-hydrogen) atoms. The average molecular weight is 476 g/mol. The number of nitrogens with zero attached hydrogens (tertiary/aromatic N) is 2. The zero-order chi connectivity index (χ0) is 24.1. The van der Waals surface area contributed by atoms with Crippen molar-refractivity contribution in [3.05, 3.63) is 66.9 Å². The van der Waals surface area contributed by atoms with E-state index in [1.807, 2.05) is 73.8 Å². The molecule has 2 heterocycles. The molecule has 1 aliphatic heterocycles. The van der Waals surface area contributed by atoms with Crippen LogP contribution in [0.25, 0.3) is 11.1 Å². The van der Waals surface area contributed by atoms with Gasteiger partial charge < -0.3 is 10.1 Å². The number of fused-ring (bicyclic) bond motifs is 1. The van der Waals surface area contributed by atoms with Crippen molar-refractivity contribution >= 4 is 35.0 Å². The number of carbonyl (C=O) groups is 2. The lowest BCUT2D eigenvalue weighted by Crippen LogP contribution is -2.45.